The van der Waals surface area contributed by atoms with Crippen LogP contribution in [0.15, 0.2) is 66.7 Å². The molecule has 3 aromatic heterocycles. The summed E-state index contributed by atoms with van der Waals surface area (Å²) < 4.78 is 6.45. The number of para-hydroxylation sites is 4. The second kappa shape index (κ2) is 5.77. The van der Waals surface area contributed by atoms with Crippen LogP contribution in [0.2, 0.25) is 0 Å². The van der Waals surface area contributed by atoms with E-state index in [1.807, 2.05) is 36.4 Å². The van der Waals surface area contributed by atoms with Crippen LogP contribution in [0.4, 0.5) is 0 Å². The van der Waals surface area contributed by atoms with Crippen LogP contribution in [-0.4, -0.2) is 19.1 Å². The SMILES string of the molecule is Cn1c(-c2cccc(-c3nc4ccccc4n3C)[n+]2C)nc2ccccc21. The quantitative estimate of drug-likeness (QED) is 0.454. The highest BCUT2D eigenvalue weighted by Crippen LogP contribution is 2.25. The van der Waals surface area contributed by atoms with E-state index in [1.54, 1.807) is 0 Å². The van der Waals surface area contributed by atoms with E-state index < -0.39 is 0 Å². The Morgan fingerprint density at radius 1 is 0.630 bits per heavy atom. The predicted octanol–water partition coefficient (Wildman–Crippen LogP) is 3.62. The number of nitrogens with zero attached hydrogens (tertiary/aromatic N) is 5. The van der Waals surface area contributed by atoms with Gasteiger partial charge in [-0.3, -0.25) is 0 Å². The fraction of sp³-hybridized carbons (Fsp3) is 0.136. The molecule has 0 bridgehead atoms. The highest BCUT2D eigenvalue weighted by molar-refractivity contribution is 5.80. The summed E-state index contributed by atoms with van der Waals surface area (Å²) in [5.41, 5.74) is 6.36. The second-order valence-electron chi connectivity index (χ2n) is 6.82. The Morgan fingerprint density at radius 2 is 1.07 bits per heavy atom. The van der Waals surface area contributed by atoms with Gasteiger partial charge < -0.3 is 9.13 Å². The summed E-state index contributed by atoms with van der Waals surface area (Å²) in [6, 6.07) is 22.7. The van der Waals surface area contributed by atoms with E-state index in [4.69, 9.17) is 9.97 Å². The minimum absolute atomic E-state index is 0.944. The van der Waals surface area contributed by atoms with E-state index in [0.717, 1.165) is 45.1 Å². The number of pyridine rings is 1. The van der Waals surface area contributed by atoms with Crippen LogP contribution in [0, 0.1) is 0 Å². The van der Waals surface area contributed by atoms with Gasteiger partial charge in [0.2, 0.25) is 23.0 Å². The Hall–Kier alpha value is -3.47. The summed E-state index contributed by atoms with van der Waals surface area (Å²) in [7, 11) is 6.20. The number of aromatic nitrogens is 5. The van der Waals surface area contributed by atoms with E-state index in [1.165, 1.54) is 0 Å². The maximum atomic E-state index is 4.86. The maximum absolute atomic E-state index is 4.86. The molecule has 0 aliphatic carbocycles. The van der Waals surface area contributed by atoms with Crippen LogP contribution in [-0.2, 0) is 21.1 Å². The molecule has 0 aliphatic heterocycles. The predicted molar refractivity (Wildman–Crippen MR) is 107 cm³/mol. The van der Waals surface area contributed by atoms with Crippen LogP contribution < -0.4 is 4.57 Å². The van der Waals surface area contributed by atoms with E-state index >= 15 is 0 Å². The zero-order valence-electron chi connectivity index (χ0n) is 15.6. The van der Waals surface area contributed by atoms with Gasteiger partial charge in [0.05, 0.1) is 22.1 Å². The van der Waals surface area contributed by atoms with Crippen molar-refractivity contribution in [3.8, 4) is 23.0 Å². The number of hydrogen-bond donors (Lipinski definition) is 0. The van der Waals surface area contributed by atoms with Gasteiger partial charge in [-0.05, 0) is 30.3 Å². The monoisotopic (exact) mass is 354 g/mol. The lowest BCUT2D eigenvalue weighted by Crippen LogP contribution is -2.35. The van der Waals surface area contributed by atoms with E-state index in [2.05, 4.69) is 65.2 Å². The average Bonchev–Trinajstić information content (AvgIpc) is 3.20. The summed E-state index contributed by atoms with van der Waals surface area (Å²) in [5, 5.41) is 0. The first kappa shape index (κ1) is 15.8. The van der Waals surface area contributed by atoms with Crippen LogP contribution in [0.1, 0.15) is 0 Å². The molecule has 0 fully saturated rings. The first-order valence-corrected chi connectivity index (χ1v) is 8.98. The standard InChI is InChI=1S/C22H20N5/c1-25-19(21-23-15-9-4-6-11-17(15)26(21)2)13-8-14-20(25)22-24-16-10-5-7-12-18(16)27(22)3/h4-14H,1-3H3/q+1. The van der Waals surface area contributed by atoms with Crippen molar-refractivity contribution in [3.63, 3.8) is 0 Å². The minimum atomic E-state index is 0.944. The van der Waals surface area contributed by atoms with Gasteiger partial charge in [0.25, 0.3) is 0 Å². The van der Waals surface area contributed by atoms with Crippen LogP contribution in [0.5, 0.6) is 0 Å². The van der Waals surface area contributed by atoms with Crippen molar-refractivity contribution in [2.24, 2.45) is 21.1 Å². The highest BCUT2D eigenvalue weighted by atomic mass is 15.1. The van der Waals surface area contributed by atoms with Gasteiger partial charge in [-0.1, -0.05) is 24.3 Å². The summed E-state index contributed by atoms with van der Waals surface area (Å²) in [5.74, 6) is 1.89. The van der Waals surface area contributed by atoms with Gasteiger partial charge in [0.1, 0.15) is 7.05 Å². The molecule has 5 aromatic rings. The minimum Gasteiger partial charge on any atom is -0.322 e. The number of imidazole rings is 2. The average molecular weight is 354 g/mol. The Kier molecular flexibility index (Phi) is 3.37. The molecule has 0 atom stereocenters. The van der Waals surface area contributed by atoms with E-state index in [-0.39, 0.29) is 0 Å². The van der Waals surface area contributed by atoms with Crippen molar-refractivity contribution in [2.75, 3.05) is 0 Å². The number of benzene rings is 2. The second-order valence-corrected chi connectivity index (χ2v) is 6.82. The van der Waals surface area contributed by atoms with Crippen molar-refractivity contribution in [3.05, 3.63) is 66.7 Å². The zero-order valence-corrected chi connectivity index (χ0v) is 15.6. The van der Waals surface area contributed by atoms with Crippen molar-refractivity contribution in [1.29, 1.82) is 0 Å². The third-order valence-electron chi connectivity index (χ3n) is 5.26. The molecule has 5 heteroatoms. The van der Waals surface area contributed by atoms with Crippen LogP contribution >= 0.6 is 0 Å². The molecule has 2 aromatic carbocycles. The lowest BCUT2D eigenvalue weighted by atomic mass is 10.2. The smallest absolute Gasteiger partial charge is 0.248 e. The third kappa shape index (κ3) is 2.28. The Morgan fingerprint density at radius 3 is 1.52 bits per heavy atom. The topological polar surface area (TPSA) is 39.5 Å². The molecule has 0 aliphatic rings. The maximum Gasteiger partial charge on any atom is 0.248 e. The fourth-order valence-corrected chi connectivity index (χ4v) is 3.78. The van der Waals surface area contributed by atoms with Crippen LogP contribution in [0.3, 0.4) is 0 Å². The molecule has 5 rings (SSSR count). The highest BCUT2D eigenvalue weighted by Gasteiger charge is 2.24. The molecular formula is C22H20N5+. The van der Waals surface area contributed by atoms with Gasteiger partial charge >= 0.3 is 0 Å². The number of rotatable bonds is 2. The first-order valence-electron chi connectivity index (χ1n) is 8.98. The Bertz CT molecular complexity index is 1210. The van der Waals surface area contributed by atoms with Gasteiger partial charge in [-0.15, -0.1) is 0 Å². The van der Waals surface area contributed by atoms with Crippen molar-refractivity contribution < 1.29 is 4.57 Å². The molecule has 0 unspecified atom stereocenters. The molecule has 0 saturated carbocycles. The Balaban J connectivity index is 1.74. The third-order valence-corrected chi connectivity index (χ3v) is 5.26. The largest absolute Gasteiger partial charge is 0.322 e. The van der Waals surface area contributed by atoms with Crippen molar-refractivity contribution >= 4 is 22.1 Å². The lowest BCUT2D eigenvalue weighted by molar-refractivity contribution is -0.649. The Labute approximate surface area is 157 Å². The molecule has 132 valence electrons. The molecule has 0 spiro atoms. The molecule has 0 radical (unpaired) electrons. The molecule has 0 saturated heterocycles. The summed E-state index contributed by atoms with van der Waals surface area (Å²) in [6.45, 7) is 0. The molecule has 27 heavy (non-hydrogen) atoms. The van der Waals surface area contributed by atoms with Gasteiger partial charge in [0, 0.05) is 26.2 Å². The van der Waals surface area contributed by atoms with E-state index in [0.29, 0.717) is 0 Å². The number of fused-ring (bicyclic) bond motifs is 2. The zero-order chi connectivity index (χ0) is 18.5. The first-order chi connectivity index (χ1) is 13.1. The molecular weight excluding hydrogens is 334 g/mol. The molecule has 3 heterocycles. The van der Waals surface area contributed by atoms with Crippen LogP contribution in [0.25, 0.3) is 45.1 Å². The molecule has 0 N–H and O–H groups in total. The fourth-order valence-electron chi connectivity index (χ4n) is 3.78. The van der Waals surface area contributed by atoms with E-state index in [9.17, 15) is 0 Å². The van der Waals surface area contributed by atoms with Gasteiger partial charge in [0.15, 0.2) is 0 Å². The van der Waals surface area contributed by atoms with Gasteiger partial charge in [-0.25, -0.2) is 9.97 Å². The summed E-state index contributed by atoms with van der Waals surface area (Å²) >= 11 is 0. The molecule has 0 amide bonds. The van der Waals surface area contributed by atoms with Crippen molar-refractivity contribution in [2.45, 2.75) is 0 Å². The summed E-state index contributed by atoms with van der Waals surface area (Å²) in [4.78, 5) is 9.72. The molecule has 5 nitrogen and oxygen atoms in total. The number of hydrogen-bond acceptors (Lipinski definition) is 2. The normalized spacial score (nSPS) is 11.5. The number of aryl methyl sites for hydroxylation is 2. The lowest BCUT2D eigenvalue weighted by Gasteiger charge is -2.06. The van der Waals surface area contributed by atoms with Crippen molar-refractivity contribution in [1.82, 2.24) is 19.1 Å². The van der Waals surface area contributed by atoms with Gasteiger partial charge in [-0.2, -0.15) is 4.57 Å². The summed E-state index contributed by atoms with van der Waals surface area (Å²) in [6.07, 6.45) is 0.